The van der Waals surface area contributed by atoms with Crippen molar-refractivity contribution < 1.29 is 19.6 Å². The van der Waals surface area contributed by atoms with E-state index in [2.05, 4.69) is 15.9 Å². The highest BCUT2D eigenvalue weighted by atomic mass is 79.9. The predicted octanol–water partition coefficient (Wildman–Crippen LogP) is 2.20. The molecule has 1 aromatic carbocycles. The summed E-state index contributed by atoms with van der Waals surface area (Å²) >= 11 is 3.09. The molecule has 0 aromatic heterocycles. The van der Waals surface area contributed by atoms with Crippen molar-refractivity contribution in [3.05, 3.63) is 33.4 Å². The number of rotatable bonds is 4. The van der Waals surface area contributed by atoms with Crippen molar-refractivity contribution in [2.24, 2.45) is 0 Å². The molecule has 0 aliphatic carbocycles. The first kappa shape index (κ1) is 12.4. The highest BCUT2D eigenvalue weighted by Gasteiger charge is 2.21. The Balaban J connectivity index is 3.46. The van der Waals surface area contributed by atoms with E-state index in [1.807, 2.05) is 0 Å². The zero-order valence-electron chi connectivity index (χ0n) is 8.27. The van der Waals surface area contributed by atoms with Crippen LogP contribution in [0, 0.1) is 10.1 Å². The van der Waals surface area contributed by atoms with E-state index < -0.39 is 10.9 Å². The molecule has 0 radical (unpaired) electrons. The number of nitrogens with zero attached hydrogens (tertiary/aromatic N) is 1. The van der Waals surface area contributed by atoms with E-state index in [9.17, 15) is 14.9 Å². The molecule has 16 heavy (non-hydrogen) atoms. The number of hydrogen-bond donors (Lipinski definition) is 1. The SMILES string of the molecule is COc1cc(CBr)c([N+](=O)[O-])cc1C(=O)O. The molecule has 6 nitrogen and oxygen atoms in total. The number of aromatic carboxylic acids is 1. The van der Waals surface area contributed by atoms with Crippen LogP contribution in [0.2, 0.25) is 0 Å². The van der Waals surface area contributed by atoms with Crippen LogP contribution in [0.15, 0.2) is 12.1 Å². The van der Waals surface area contributed by atoms with Gasteiger partial charge in [0.2, 0.25) is 0 Å². The van der Waals surface area contributed by atoms with E-state index in [0.29, 0.717) is 5.56 Å². The van der Waals surface area contributed by atoms with Gasteiger partial charge in [-0.1, -0.05) is 15.9 Å². The van der Waals surface area contributed by atoms with Crippen LogP contribution in [-0.4, -0.2) is 23.1 Å². The number of carbonyl (C=O) groups is 1. The van der Waals surface area contributed by atoms with Crippen molar-refractivity contribution in [1.29, 1.82) is 0 Å². The predicted molar refractivity (Wildman–Crippen MR) is 59.2 cm³/mol. The smallest absolute Gasteiger partial charge is 0.339 e. The Hall–Kier alpha value is -1.63. The Kier molecular flexibility index (Phi) is 3.83. The minimum Gasteiger partial charge on any atom is -0.496 e. The van der Waals surface area contributed by atoms with Crippen molar-refractivity contribution in [2.75, 3.05) is 7.11 Å². The molecule has 0 atom stereocenters. The third kappa shape index (κ3) is 2.30. The second-order valence-corrected chi connectivity index (χ2v) is 3.44. The maximum Gasteiger partial charge on any atom is 0.339 e. The third-order valence-electron chi connectivity index (χ3n) is 1.97. The first-order valence-corrected chi connectivity index (χ1v) is 5.28. The number of benzene rings is 1. The van der Waals surface area contributed by atoms with E-state index in [0.717, 1.165) is 6.07 Å². The van der Waals surface area contributed by atoms with E-state index in [4.69, 9.17) is 9.84 Å². The molecule has 0 aliphatic rings. The summed E-state index contributed by atoms with van der Waals surface area (Å²) in [7, 11) is 1.31. The summed E-state index contributed by atoms with van der Waals surface area (Å²) in [6.45, 7) is 0. The number of nitro benzene ring substituents is 1. The Morgan fingerprint density at radius 1 is 1.62 bits per heavy atom. The van der Waals surface area contributed by atoms with Crippen LogP contribution < -0.4 is 4.74 Å². The van der Waals surface area contributed by atoms with Crippen LogP contribution in [0.25, 0.3) is 0 Å². The Bertz CT molecular complexity index is 409. The van der Waals surface area contributed by atoms with Crippen molar-refractivity contribution >= 4 is 27.6 Å². The molecule has 1 N–H and O–H groups in total. The molecular weight excluding hydrogens is 282 g/mol. The van der Waals surface area contributed by atoms with E-state index in [-0.39, 0.29) is 22.3 Å². The van der Waals surface area contributed by atoms with E-state index >= 15 is 0 Å². The minimum absolute atomic E-state index is 0.104. The molecule has 1 rings (SSSR count). The Morgan fingerprint density at radius 3 is 2.62 bits per heavy atom. The summed E-state index contributed by atoms with van der Waals surface area (Å²) in [5.41, 5.74) is -0.0965. The number of alkyl halides is 1. The van der Waals surface area contributed by atoms with E-state index in [1.165, 1.54) is 13.2 Å². The fraction of sp³-hybridized carbons (Fsp3) is 0.222. The first-order valence-electron chi connectivity index (χ1n) is 4.15. The number of nitro groups is 1. The van der Waals surface area contributed by atoms with Gasteiger partial charge in [-0.05, 0) is 6.07 Å². The summed E-state index contributed by atoms with van der Waals surface area (Å²) in [5.74, 6) is -1.16. The molecule has 0 spiro atoms. The average Bonchev–Trinajstić information content (AvgIpc) is 2.26. The molecule has 7 heteroatoms. The summed E-state index contributed by atoms with van der Waals surface area (Å²) in [6.07, 6.45) is 0. The number of carboxylic acid groups (broad SMARTS) is 1. The van der Waals surface area contributed by atoms with Crippen LogP contribution in [-0.2, 0) is 5.33 Å². The standard InChI is InChI=1S/C9H8BrNO5/c1-16-8-2-5(4-10)7(11(14)15)3-6(8)9(12)13/h2-3H,4H2,1H3,(H,12,13). The van der Waals surface area contributed by atoms with Crippen LogP contribution in [0.5, 0.6) is 5.75 Å². The van der Waals surface area contributed by atoms with Crippen molar-refractivity contribution in [1.82, 2.24) is 0 Å². The molecule has 86 valence electrons. The van der Waals surface area contributed by atoms with Gasteiger partial charge in [0.15, 0.2) is 0 Å². The number of ether oxygens (including phenoxy) is 1. The monoisotopic (exact) mass is 289 g/mol. The van der Waals surface area contributed by atoms with Crippen molar-refractivity contribution in [3.8, 4) is 5.75 Å². The van der Waals surface area contributed by atoms with Gasteiger partial charge >= 0.3 is 5.97 Å². The van der Waals surface area contributed by atoms with Gasteiger partial charge < -0.3 is 9.84 Å². The van der Waals surface area contributed by atoms with Crippen LogP contribution in [0.1, 0.15) is 15.9 Å². The van der Waals surface area contributed by atoms with Gasteiger partial charge in [-0.15, -0.1) is 0 Å². The lowest BCUT2D eigenvalue weighted by molar-refractivity contribution is -0.385. The minimum atomic E-state index is -1.26. The van der Waals surface area contributed by atoms with Gasteiger partial charge in [0.25, 0.3) is 5.69 Å². The number of carboxylic acids is 1. The molecule has 0 heterocycles. The molecule has 0 unspecified atom stereocenters. The molecule has 0 fully saturated rings. The van der Waals surface area contributed by atoms with Gasteiger partial charge in [0.05, 0.1) is 12.0 Å². The van der Waals surface area contributed by atoms with Gasteiger partial charge in [-0.25, -0.2) is 4.79 Å². The zero-order chi connectivity index (χ0) is 12.3. The summed E-state index contributed by atoms with van der Waals surface area (Å²) in [4.78, 5) is 20.9. The fourth-order valence-corrected chi connectivity index (χ4v) is 1.67. The fourth-order valence-electron chi connectivity index (χ4n) is 1.22. The molecule has 0 bridgehead atoms. The third-order valence-corrected chi connectivity index (χ3v) is 2.58. The Labute approximate surface area is 99.1 Å². The van der Waals surface area contributed by atoms with Gasteiger partial charge in [-0.2, -0.15) is 0 Å². The van der Waals surface area contributed by atoms with Crippen LogP contribution in [0.3, 0.4) is 0 Å². The summed E-state index contributed by atoms with van der Waals surface area (Å²) in [5, 5.41) is 19.8. The molecule has 1 aromatic rings. The van der Waals surface area contributed by atoms with Crippen molar-refractivity contribution in [3.63, 3.8) is 0 Å². The van der Waals surface area contributed by atoms with Crippen LogP contribution >= 0.6 is 15.9 Å². The maximum absolute atomic E-state index is 10.8. The molecule has 0 aliphatic heterocycles. The first-order chi connectivity index (χ1) is 7.51. The zero-order valence-corrected chi connectivity index (χ0v) is 9.85. The lowest BCUT2D eigenvalue weighted by atomic mass is 10.1. The molecule has 0 amide bonds. The quantitative estimate of drug-likeness (QED) is 0.521. The lowest BCUT2D eigenvalue weighted by Gasteiger charge is -2.07. The molecule has 0 saturated heterocycles. The highest BCUT2D eigenvalue weighted by molar-refractivity contribution is 9.08. The lowest BCUT2D eigenvalue weighted by Crippen LogP contribution is -2.04. The van der Waals surface area contributed by atoms with Gasteiger partial charge in [0.1, 0.15) is 11.3 Å². The highest BCUT2D eigenvalue weighted by Crippen LogP contribution is 2.30. The second kappa shape index (κ2) is 4.93. The molecular formula is C9H8BrNO5. The molecule has 0 saturated carbocycles. The Morgan fingerprint density at radius 2 is 2.25 bits per heavy atom. The van der Waals surface area contributed by atoms with Gasteiger partial charge in [-0.3, -0.25) is 10.1 Å². The normalized spacial score (nSPS) is 9.88. The van der Waals surface area contributed by atoms with Gasteiger partial charge in [0, 0.05) is 17.0 Å². The largest absolute Gasteiger partial charge is 0.496 e. The number of hydrogen-bond acceptors (Lipinski definition) is 4. The summed E-state index contributed by atoms with van der Waals surface area (Å²) < 4.78 is 4.86. The van der Waals surface area contributed by atoms with Crippen LogP contribution in [0.4, 0.5) is 5.69 Å². The average molecular weight is 290 g/mol. The van der Waals surface area contributed by atoms with E-state index in [1.54, 1.807) is 0 Å². The summed E-state index contributed by atoms with van der Waals surface area (Å²) in [6, 6.07) is 2.34. The maximum atomic E-state index is 10.8. The second-order valence-electron chi connectivity index (χ2n) is 2.88. The topological polar surface area (TPSA) is 89.7 Å². The number of halogens is 1. The number of methoxy groups -OCH3 is 1. The van der Waals surface area contributed by atoms with Crippen molar-refractivity contribution in [2.45, 2.75) is 5.33 Å².